The Balaban J connectivity index is 1.99. The quantitative estimate of drug-likeness (QED) is 0.606. The molecule has 1 aliphatic carbocycles. The first-order chi connectivity index (χ1) is 6.33. The van der Waals surface area contributed by atoms with E-state index in [1.54, 1.807) is 0 Å². The van der Waals surface area contributed by atoms with Gasteiger partial charge in [0, 0.05) is 6.54 Å². The van der Waals surface area contributed by atoms with Gasteiger partial charge in [-0.2, -0.15) is 11.8 Å². The summed E-state index contributed by atoms with van der Waals surface area (Å²) in [5, 5.41) is 3.49. The van der Waals surface area contributed by atoms with Crippen LogP contribution in [0.4, 0.5) is 0 Å². The Hall–Kier alpha value is 0.310. The van der Waals surface area contributed by atoms with Gasteiger partial charge in [0.1, 0.15) is 0 Å². The molecule has 1 saturated carbocycles. The highest BCUT2D eigenvalue weighted by Crippen LogP contribution is 2.49. The SMILES string of the molecule is CCNCC1(CCCSCC)CC1. The van der Waals surface area contributed by atoms with Crippen LogP contribution in [0.1, 0.15) is 39.5 Å². The summed E-state index contributed by atoms with van der Waals surface area (Å²) in [4.78, 5) is 0. The highest BCUT2D eigenvalue weighted by atomic mass is 32.2. The van der Waals surface area contributed by atoms with E-state index in [1.165, 1.54) is 43.7 Å². The number of nitrogens with one attached hydrogen (secondary N) is 1. The predicted molar refractivity (Wildman–Crippen MR) is 62.4 cm³/mol. The molecule has 0 aromatic carbocycles. The van der Waals surface area contributed by atoms with Gasteiger partial charge in [-0.3, -0.25) is 0 Å². The summed E-state index contributed by atoms with van der Waals surface area (Å²) in [6.45, 7) is 6.84. The van der Waals surface area contributed by atoms with Crippen LogP contribution in [0, 0.1) is 5.41 Å². The maximum Gasteiger partial charge on any atom is 0.000770 e. The Bertz CT molecular complexity index is 132. The van der Waals surface area contributed by atoms with E-state index < -0.39 is 0 Å². The molecule has 0 amide bonds. The summed E-state index contributed by atoms with van der Waals surface area (Å²) in [7, 11) is 0. The van der Waals surface area contributed by atoms with Gasteiger partial charge in [-0.05, 0) is 49.1 Å². The average Bonchev–Trinajstić information content (AvgIpc) is 2.91. The molecule has 0 aromatic rings. The zero-order valence-corrected chi connectivity index (χ0v) is 9.88. The van der Waals surface area contributed by atoms with Crippen molar-refractivity contribution in [2.45, 2.75) is 39.5 Å². The smallest absolute Gasteiger partial charge is 0.000770 e. The average molecular weight is 201 g/mol. The zero-order valence-electron chi connectivity index (χ0n) is 9.07. The van der Waals surface area contributed by atoms with Gasteiger partial charge in [0.15, 0.2) is 0 Å². The van der Waals surface area contributed by atoms with Crippen LogP contribution >= 0.6 is 11.8 Å². The fraction of sp³-hybridized carbons (Fsp3) is 1.00. The van der Waals surface area contributed by atoms with Gasteiger partial charge < -0.3 is 5.32 Å². The van der Waals surface area contributed by atoms with E-state index in [-0.39, 0.29) is 0 Å². The summed E-state index contributed by atoms with van der Waals surface area (Å²) in [5.41, 5.74) is 0.726. The molecule has 78 valence electrons. The van der Waals surface area contributed by atoms with Crippen molar-refractivity contribution in [3.63, 3.8) is 0 Å². The molecule has 0 heterocycles. The molecule has 13 heavy (non-hydrogen) atoms. The molecular weight excluding hydrogens is 178 g/mol. The maximum absolute atomic E-state index is 3.49. The van der Waals surface area contributed by atoms with Gasteiger partial charge >= 0.3 is 0 Å². The molecule has 0 unspecified atom stereocenters. The highest BCUT2D eigenvalue weighted by molar-refractivity contribution is 7.99. The Morgan fingerprint density at radius 3 is 2.62 bits per heavy atom. The largest absolute Gasteiger partial charge is 0.316 e. The standard InChI is InChI=1S/C11H23NS/c1-3-12-10-11(7-8-11)6-5-9-13-4-2/h12H,3-10H2,1-2H3. The molecule has 0 atom stereocenters. The summed E-state index contributed by atoms with van der Waals surface area (Å²) in [6, 6.07) is 0. The van der Waals surface area contributed by atoms with Gasteiger partial charge in [-0.15, -0.1) is 0 Å². The van der Waals surface area contributed by atoms with E-state index in [1.807, 2.05) is 0 Å². The lowest BCUT2D eigenvalue weighted by molar-refractivity contribution is 0.428. The van der Waals surface area contributed by atoms with E-state index in [0.29, 0.717) is 0 Å². The van der Waals surface area contributed by atoms with Crippen LogP contribution in [0.25, 0.3) is 0 Å². The Kier molecular flexibility index (Phi) is 5.18. The lowest BCUT2D eigenvalue weighted by Gasteiger charge is -2.14. The van der Waals surface area contributed by atoms with Crippen molar-refractivity contribution in [1.29, 1.82) is 0 Å². The number of hydrogen-bond acceptors (Lipinski definition) is 2. The van der Waals surface area contributed by atoms with Crippen molar-refractivity contribution in [3.05, 3.63) is 0 Å². The molecule has 2 heteroatoms. The minimum Gasteiger partial charge on any atom is -0.316 e. The molecule has 0 bridgehead atoms. The first-order valence-electron chi connectivity index (χ1n) is 5.61. The van der Waals surface area contributed by atoms with Crippen LogP contribution in [0.5, 0.6) is 0 Å². The van der Waals surface area contributed by atoms with Crippen LogP contribution in [0.3, 0.4) is 0 Å². The second-order valence-corrected chi connectivity index (χ2v) is 5.47. The first-order valence-corrected chi connectivity index (χ1v) is 6.77. The van der Waals surface area contributed by atoms with Crippen molar-refractivity contribution in [1.82, 2.24) is 5.32 Å². The Labute approximate surface area is 87.1 Å². The fourth-order valence-corrected chi connectivity index (χ4v) is 2.41. The Morgan fingerprint density at radius 2 is 2.08 bits per heavy atom. The predicted octanol–water partition coefficient (Wildman–Crippen LogP) is 2.91. The molecule has 0 aliphatic heterocycles. The van der Waals surface area contributed by atoms with Crippen molar-refractivity contribution >= 4 is 11.8 Å². The summed E-state index contributed by atoms with van der Waals surface area (Å²) < 4.78 is 0. The van der Waals surface area contributed by atoms with Crippen LogP contribution < -0.4 is 5.32 Å². The van der Waals surface area contributed by atoms with Gasteiger partial charge in [-0.1, -0.05) is 13.8 Å². The highest BCUT2D eigenvalue weighted by Gasteiger charge is 2.40. The minimum atomic E-state index is 0.726. The molecule has 1 rings (SSSR count). The molecule has 0 aromatic heterocycles. The van der Waals surface area contributed by atoms with Gasteiger partial charge in [-0.25, -0.2) is 0 Å². The zero-order chi connectivity index (χ0) is 9.57. The van der Waals surface area contributed by atoms with Crippen LogP contribution in [-0.2, 0) is 0 Å². The maximum atomic E-state index is 3.49. The monoisotopic (exact) mass is 201 g/mol. The van der Waals surface area contributed by atoms with E-state index in [2.05, 4.69) is 30.9 Å². The topological polar surface area (TPSA) is 12.0 Å². The number of thioether (sulfide) groups is 1. The molecular formula is C11H23NS. The summed E-state index contributed by atoms with van der Waals surface area (Å²) in [5.74, 6) is 2.64. The fourth-order valence-electron chi connectivity index (χ4n) is 1.78. The third-order valence-electron chi connectivity index (χ3n) is 2.91. The van der Waals surface area contributed by atoms with E-state index in [4.69, 9.17) is 0 Å². The van der Waals surface area contributed by atoms with Crippen molar-refractivity contribution in [3.8, 4) is 0 Å². The molecule has 0 saturated heterocycles. The van der Waals surface area contributed by atoms with E-state index in [9.17, 15) is 0 Å². The van der Waals surface area contributed by atoms with E-state index >= 15 is 0 Å². The van der Waals surface area contributed by atoms with Crippen molar-refractivity contribution in [2.75, 3.05) is 24.6 Å². The van der Waals surface area contributed by atoms with E-state index in [0.717, 1.165) is 12.0 Å². The van der Waals surface area contributed by atoms with Crippen LogP contribution in [-0.4, -0.2) is 24.6 Å². The van der Waals surface area contributed by atoms with Crippen molar-refractivity contribution < 1.29 is 0 Å². The number of rotatable bonds is 8. The van der Waals surface area contributed by atoms with Gasteiger partial charge in [0.25, 0.3) is 0 Å². The van der Waals surface area contributed by atoms with Crippen LogP contribution in [0.15, 0.2) is 0 Å². The third-order valence-corrected chi connectivity index (χ3v) is 3.89. The van der Waals surface area contributed by atoms with Gasteiger partial charge in [0.05, 0.1) is 0 Å². The lowest BCUT2D eigenvalue weighted by atomic mass is 10.0. The molecule has 1 nitrogen and oxygen atoms in total. The Morgan fingerprint density at radius 1 is 1.31 bits per heavy atom. The summed E-state index contributed by atoms with van der Waals surface area (Å²) in [6.07, 6.45) is 5.81. The van der Waals surface area contributed by atoms with Gasteiger partial charge in [0.2, 0.25) is 0 Å². The van der Waals surface area contributed by atoms with Crippen molar-refractivity contribution in [2.24, 2.45) is 5.41 Å². The normalized spacial score (nSPS) is 18.9. The molecule has 1 fully saturated rings. The molecule has 1 N–H and O–H groups in total. The lowest BCUT2D eigenvalue weighted by Crippen LogP contribution is -2.23. The summed E-state index contributed by atoms with van der Waals surface area (Å²) >= 11 is 2.08. The molecule has 0 radical (unpaired) electrons. The second kappa shape index (κ2) is 5.92. The molecule has 1 aliphatic rings. The van der Waals surface area contributed by atoms with Crippen LogP contribution in [0.2, 0.25) is 0 Å². The minimum absolute atomic E-state index is 0.726. The number of hydrogen-bond donors (Lipinski definition) is 1. The second-order valence-electron chi connectivity index (χ2n) is 4.08. The molecule has 0 spiro atoms. The third kappa shape index (κ3) is 4.37. The first kappa shape index (κ1) is 11.4.